The molecule has 8 heteroatoms. The highest BCUT2D eigenvalue weighted by Gasteiger charge is 2.24. The zero-order valence-corrected chi connectivity index (χ0v) is 23.6. The van der Waals surface area contributed by atoms with Crippen LogP contribution >= 0.6 is 0 Å². The van der Waals surface area contributed by atoms with Crippen LogP contribution < -0.4 is 16.6 Å². The third kappa shape index (κ3) is 6.32. The van der Waals surface area contributed by atoms with Crippen molar-refractivity contribution in [2.75, 3.05) is 7.05 Å². The summed E-state index contributed by atoms with van der Waals surface area (Å²) in [5.74, 6) is -0.349. The molecule has 0 unspecified atom stereocenters. The molecule has 3 aromatic carbocycles. The van der Waals surface area contributed by atoms with Crippen molar-refractivity contribution < 1.29 is 9.59 Å². The van der Waals surface area contributed by atoms with E-state index in [1.54, 1.807) is 60.5 Å². The second-order valence-electron chi connectivity index (χ2n) is 10.9. The first-order chi connectivity index (χ1) is 19.8. The number of benzene rings is 3. The van der Waals surface area contributed by atoms with Gasteiger partial charge in [0.2, 0.25) is 5.91 Å². The van der Waals surface area contributed by atoms with Gasteiger partial charge in [0.05, 0.1) is 17.4 Å². The van der Waals surface area contributed by atoms with E-state index in [0.29, 0.717) is 28.6 Å². The number of fused-ring (bicyclic) bond motifs is 1. The van der Waals surface area contributed by atoms with Gasteiger partial charge in [-0.3, -0.25) is 23.5 Å². The average Bonchev–Trinajstić information content (AvgIpc) is 3.01. The highest BCUT2D eigenvalue weighted by Crippen LogP contribution is 2.22. The number of para-hydroxylation sites is 1. The summed E-state index contributed by atoms with van der Waals surface area (Å²) in [4.78, 5) is 54.7. The minimum atomic E-state index is -0.529. The highest BCUT2D eigenvalue weighted by atomic mass is 16.2. The molecule has 1 aliphatic rings. The lowest BCUT2D eigenvalue weighted by molar-refractivity contribution is -0.133. The van der Waals surface area contributed by atoms with E-state index in [0.717, 1.165) is 36.8 Å². The largest absolute Gasteiger partial charge is 0.348 e. The molecule has 1 aromatic heterocycles. The summed E-state index contributed by atoms with van der Waals surface area (Å²) in [7, 11) is 1.81. The predicted octanol–water partition coefficient (Wildman–Crippen LogP) is 4.24. The number of rotatable bonds is 8. The summed E-state index contributed by atoms with van der Waals surface area (Å²) in [5.41, 5.74) is 2.87. The standard InChI is InChI=1S/C33H36N4O4/c1-23-12-14-24(15-13-23)20-34-31(39)26-18-16-25(17-19-26)21-37-32(40)28-10-6-7-11-29(28)36(33(37)41)22-30(38)35(2)27-8-4-3-5-9-27/h6-7,10-19,27H,3-5,8-9,20-22H2,1-2H3,(H,34,39). The second-order valence-corrected chi connectivity index (χ2v) is 10.9. The van der Waals surface area contributed by atoms with Crippen LogP contribution in [0.1, 0.15) is 59.2 Å². The summed E-state index contributed by atoms with van der Waals surface area (Å²) in [5, 5.41) is 3.30. The zero-order chi connectivity index (χ0) is 28.9. The van der Waals surface area contributed by atoms with Gasteiger partial charge in [-0.05, 0) is 55.2 Å². The van der Waals surface area contributed by atoms with E-state index in [4.69, 9.17) is 0 Å². The molecular formula is C33H36N4O4. The van der Waals surface area contributed by atoms with Crippen LogP contribution in [0.4, 0.5) is 0 Å². The molecule has 0 radical (unpaired) electrons. The molecule has 1 fully saturated rings. The van der Waals surface area contributed by atoms with Crippen molar-refractivity contribution >= 4 is 22.7 Å². The molecule has 1 N–H and O–H groups in total. The quantitative estimate of drug-likeness (QED) is 0.354. The Hall–Kier alpha value is -4.46. The van der Waals surface area contributed by atoms with Gasteiger partial charge >= 0.3 is 5.69 Å². The molecule has 8 nitrogen and oxygen atoms in total. The zero-order valence-electron chi connectivity index (χ0n) is 23.6. The fourth-order valence-corrected chi connectivity index (χ4v) is 5.52. The smallest absolute Gasteiger partial charge is 0.332 e. The maximum absolute atomic E-state index is 13.6. The second kappa shape index (κ2) is 12.4. The van der Waals surface area contributed by atoms with Crippen molar-refractivity contribution in [2.45, 2.75) is 64.7 Å². The van der Waals surface area contributed by atoms with E-state index in [9.17, 15) is 19.2 Å². The minimum absolute atomic E-state index is 0.0282. The van der Waals surface area contributed by atoms with Crippen LogP contribution in [0.2, 0.25) is 0 Å². The van der Waals surface area contributed by atoms with Gasteiger partial charge in [-0.25, -0.2) is 4.79 Å². The van der Waals surface area contributed by atoms with Gasteiger partial charge in [0.15, 0.2) is 0 Å². The lowest BCUT2D eigenvalue weighted by atomic mass is 9.94. The van der Waals surface area contributed by atoms with Gasteiger partial charge in [0, 0.05) is 25.2 Å². The van der Waals surface area contributed by atoms with Crippen LogP contribution in [0.5, 0.6) is 0 Å². The number of nitrogens with zero attached hydrogens (tertiary/aromatic N) is 3. The van der Waals surface area contributed by atoms with Gasteiger partial charge in [0.1, 0.15) is 6.54 Å². The van der Waals surface area contributed by atoms with Crippen LogP contribution in [0.15, 0.2) is 82.4 Å². The normalized spacial score (nSPS) is 13.7. The summed E-state index contributed by atoms with van der Waals surface area (Å²) in [6, 6.07) is 21.9. The number of hydrogen-bond acceptors (Lipinski definition) is 4. The number of carbonyl (C=O) groups excluding carboxylic acids is 2. The van der Waals surface area contributed by atoms with Crippen LogP contribution in [-0.2, 0) is 24.4 Å². The van der Waals surface area contributed by atoms with Gasteiger partial charge < -0.3 is 10.2 Å². The van der Waals surface area contributed by atoms with Crippen LogP contribution in [0.25, 0.3) is 10.9 Å². The van der Waals surface area contributed by atoms with Crippen molar-refractivity contribution in [1.29, 1.82) is 0 Å². The Morgan fingerprint density at radius 3 is 2.22 bits per heavy atom. The van der Waals surface area contributed by atoms with E-state index in [1.165, 1.54) is 15.6 Å². The maximum Gasteiger partial charge on any atom is 0.332 e. The third-order valence-electron chi connectivity index (χ3n) is 8.07. The Balaban J connectivity index is 1.36. The average molecular weight is 553 g/mol. The lowest BCUT2D eigenvalue weighted by Gasteiger charge is -2.31. The number of carbonyl (C=O) groups is 2. The fraction of sp³-hybridized carbons (Fsp3) is 0.333. The van der Waals surface area contributed by atoms with Gasteiger partial charge in [-0.2, -0.15) is 0 Å². The first-order valence-corrected chi connectivity index (χ1v) is 14.2. The van der Waals surface area contributed by atoms with Crippen molar-refractivity contribution in [3.63, 3.8) is 0 Å². The van der Waals surface area contributed by atoms with Crippen molar-refractivity contribution in [2.24, 2.45) is 0 Å². The summed E-state index contributed by atoms with van der Waals surface area (Å²) in [6.45, 7) is 2.33. The number of aromatic nitrogens is 2. The Kier molecular flexibility index (Phi) is 8.47. The molecule has 1 heterocycles. The molecule has 1 aliphatic carbocycles. The van der Waals surface area contributed by atoms with Crippen molar-refractivity contribution in [3.05, 3.63) is 116 Å². The van der Waals surface area contributed by atoms with E-state index < -0.39 is 11.2 Å². The van der Waals surface area contributed by atoms with E-state index >= 15 is 0 Å². The number of nitrogens with one attached hydrogen (secondary N) is 1. The van der Waals surface area contributed by atoms with Crippen molar-refractivity contribution in [3.8, 4) is 0 Å². The van der Waals surface area contributed by atoms with Gasteiger partial charge in [-0.15, -0.1) is 0 Å². The number of amides is 2. The molecule has 5 rings (SSSR count). The molecule has 0 atom stereocenters. The molecule has 4 aromatic rings. The molecule has 1 saturated carbocycles. The summed E-state index contributed by atoms with van der Waals surface area (Å²) >= 11 is 0. The van der Waals surface area contributed by atoms with E-state index in [1.807, 2.05) is 31.2 Å². The molecule has 41 heavy (non-hydrogen) atoms. The fourth-order valence-electron chi connectivity index (χ4n) is 5.52. The Morgan fingerprint density at radius 2 is 1.51 bits per heavy atom. The highest BCUT2D eigenvalue weighted by molar-refractivity contribution is 5.94. The third-order valence-corrected chi connectivity index (χ3v) is 8.07. The molecule has 0 spiro atoms. The summed E-state index contributed by atoms with van der Waals surface area (Å²) < 4.78 is 2.58. The van der Waals surface area contributed by atoms with Gasteiger partial charge in [0.25, 0.3) is 11.5 Å². The molecule has 0 bridgehead atoms. The number of aryl methyl sites for hydroxylation is 1. The number of hydrogen-bond donors (Lipinski definition) is 1. The van der Waals surface area contributed by atoms with Crippen LogP contribution in [0, 0.1) is 6.92 Å². The SMILES string of the molecule is Cc1ccc(CNC(=O)c2ccc(Cn3c(=O)c4ccccc4n(CC(=O)N(C)C4CCCCC4)c3=O)cc2)cc1. The molecule has 0 saturated heterocycles. The Morgan fingerprint density at radius 1 is 0.854 bits per heavy atom. The molecular weight excluding hydrogens is 516 g/mol. The van der Waals surface area contributed by atoms with Crippen LogP contribution in [-0.4, -0.2) is 38.9 Å². The topological polar surface area (TPSA) is 93.4 Å². The van der Waals surface area contributed by atoms with Gasteiger partial charge in [-0.1, -0.05) is 73.4 Å². The predicted molar refractivity (Wildman–Crippen MR) is 160 cm³/mol. The molecule has 0 aliphatic heterocycles. The van der Waals surface area contributed by atoms with Crippen LogP contribution in [0.3, 0.4) is 0 Å². The summed E-state index contributed by atoms with van der Waals surface area (Å²) in [6.07, 6.45) is 5.33. The lowest BCUT2D eigenvalue weighted by Crippen LogP contribution is -2.45. The van der Waals surface area contributed by atoms with E-state index in [2.05, 4.69) is 5.32 Å². The first kappa shape index (κ1) is 28.1. The molecule has 212 valence electrons. The maximum atomic E-state index is 13.6. The Bertz CT molecular complexity index is 1660. The number of likely N-dealkylation sites (N-methyl/N-ethyl adjacent to an activating group) is 1. The first-order valence-electron chi connectivity index (χ1n) is 14.2. The monoisotopic (exact) mass is 552 g/mol. The van der Waals surface area contributed by atoms with E-state index in [-0.39, 0.29) is 30.9 Å². The molecule has 2 amide bonds. The Labute approximate surface area is 239 Å². The minimum Gasteiger partial charge on any atom is -0.348 e. The van der Waals surface area contributed by atoms with Crippen molar-refractivity contribution in [1.82, 2.24) is 19.4 Å².